The summed E-state index contributed by atoms with van der Waals surface area (Å²) in [6.45, 7) is 0.734. The summed E-state index contributed by atoms with van der Waals surface area (Å²) in [4.78, 5) is 27.8. The van der Waals surface area contributed by atoms with Gasteiger partial charge in [-0.2, -0.15) is 0 Å². The van der Waals surface area contributed by atoms with Crippen LogP contribution in [0.1, 0.15) is 59.6 Å². The van der Waals surface area contributed by atoms with Crippen molar-refractivity contribution in [3.63, 3.8) is 0 Å². The highest BCUT2D eigenvalue weighted by atomic mass is 79.9. The van der Waals surface area contributed by atoms with Crippen molar-refractivity contribution in [2.45, 2.75) is 43.7 Å². The lowest BCUT2D eigenvalue weighted by molar-refractivity contribution is 0.0881. The van der Waals surface area contributed by atoms with Crippen molar-refractivity contribution in [3.05, 3.63) is 62.3 Å². The van der Waals surface area contributed by atoms with Crippen LogP contribution in [0, 0.1) is 5.82 Å². The van der Waals surface area contributed by atoms with Gasteiger partial charge < -0.3 is 15.5 Å². The molecule has 2 N–H and O–H groups in total. The minimum absolute atomic E-state index is 0.0153. The monoisotopic (exact) mass is 491 g/mol. The number of amides is 3. The number of anilines is 1. The Labute approximate surface area is 187 Å². The molecule has 2 aliphatic heterocycles. The highest BCUT2D eigenvalue weighted by molar-refractivity contribution is 9.10. The van der Waals surface area contributed by atoms with Gasteiger partial charge in [0.1, 0.15) is 5.82 Å². The van der Waals surface area contributed by atoms with Crippen LogP contribution in [-0.4, -0.2) is 28.9 Å². The molecule has 2 heterocycles. The number of carbonyl (C=O) groups is 2. The average molecular weight is 493 g/mol. The van der Waals surface area contributed by atoms with E-state index in [4.69, 9.17) is 11.6 Å². The fraction of sp³-hybridized carbons (Fsp3) is 0.364. The molecule has 30 heavy (non-hydrogen) atoms. The van der Waals surface area contributed by atoms with E-state index in [1.54, 1.807) is 12.1 Å². The van der Waals surface area contributed by atoms with Crippen LogP contribution >= 0.6 is 27.5 Å². The van der Waals surface area contributed by atoms with E-state index < -0.39 is 11.9 Å². The second-order valence-corrected chi connectivity index (χ2v) is 9.57. The normalized spacial score (nSPS) is 21.4. The molecule has 1 aliphatic carbocycles. The second kappa shape index (κ2) is 7.24. The summed E-state index contributed by atoms with van der Waals surface area (Å²) in [7, 11) is 0. The summed E-state index contributed by atoms with van der Waals surface area (Å²) < 4.78 is 14.6. The fourth-order valence-electron chi connectivity index (χ4n) is 5.01. The van der Waals surface area contributed by atoms with Gasteiger partial charge in [-0.05, 0) is 62.4 Å². The Morgan fingerprint density at radius 1 is 1.23 bits per heavy atom. The first-order valence-electron chi connectivity index (χ1n) is 10.1. The predicted octanol–water partition coefficient (Wildman–Crippen LogP) is 5.62. The number of nitrogens with one attached hydrogen (secondary N) is 2. The van der Waals surface area contributed by atoms with E-state index in [-0.39, 0.29) is 17.5 Å². The largest absolute Gasteiger partial charge is 0.341 e. The molecule has 5 nitrogen and oxygen atoms in total. The van der Waals surface area contributed by atoms with E-state index in [0.717, 1.165) is 38.6 Å². The highest BCUT2D eigenvalue weighted by Crippen LogP contribution is 2.46. The molecule has 0 radical (unpaired) electrons. The summed E-state index contributed by atoms with van der Waals surface area (Å²) >= 11 is 9.76. The number of likely N-dealkylation sites (tertiary alicyclic amines) is 1. The Morgan fingerprint density at radius 3 is 2.73 bits per heavy atom. The molecule has 2 aromatic carbocycles. The number of benzene rings is 2. The molecule has 5 rings (SSSR count). The molecule has 0 bridgehead atoms. The number of halogens is 3. The number of fused-ring (bicyclic) bond motifs is 1. The van der Waals surface area contributed by atoms with Gasteiger partial charge in [-0.25, -0.2) is 9.18 Å². The van der Waals surface area contributed by atoms with E-state index in [1.807, 2.05) is 4.90 Å². The van der Waals surface area contributed by atoms with Gasteiger partial charge in [0.25, 0.3) is 5.91 Å². The van der Waals surface area contributed by atoms with Gasteiger partial charge >= 0.3 is 6.03 Å². The van der Waals surface area contributed by atoms with E-state index in [2.05, 4.69) is 26.6 Å². The molecule has 1 saturated heterocycles. The first-order valence-corrected chi connectivity index (χ1v) is 11.2. The molecule has 3 amide bonds. The standard InChI is InChI=1S/C22H20BrClFN3O2/c23-12-9-15-18(19(27-20(15)29)14-11-13(25)3-4-16(14)24)17(10-12)26-21(30)28-8-2-7-22(28)5-1-6-22/h3-4,9-11,19H,1-2,5-8H2,(H,26,30)(H,27,29). The molecule has 8 heteroatoms. The quantitative estimate of drug-likeness (QED) is 0.571. The van der Waals surface area contributed by atoms with Crippen molar-refractivity contribution in [2.75, 3.05) is 11.9 Å². The maximum atomic E-state index is 13.9. The number of carbonyl (C=O) groups excluding carboxylic acids is 2. The molecule has 156 valence electrons. The predicted molar refractivity (Wildman–Crippen MR) is 116 cm³/mol. The topological polar surface area (TPSA) is 61.4 Å². The van der Waals surface area contributed by atoms with E-state index in [1.165, 1.54) is 18.2 Å². The van der Waals surface area contributed by atoms with Crippen molar-refractivity contribution in [3.8, 4) is 0 Å². The number of hydrogen-bond acceptors (Lipinski definition) is 2. The van der Waals surface area contributed by atoms with Crippen LogP contribution in [0.25, 0.3) is 0 Å². The molecule has 1 unspecified atom stereocenters. The number of urea groups is 1. The summed E-state index contributed by atoms with van der Waals surface area (Å²) in [5.74, 6) is -0.729. The van der Waals surface area contributed by atoms with Crippen molar-refractivity contribution >= 4 is 45.2 Å². The molecule has 1 spiro atoms. The molecule has 1 saturated carbocycles. The Morgan fingerprint density at radius 2 is 2.00 bits per heavy atom. The lowest BCUT2D eigenvalue weighted by atomic mass is 9.75. The van der Waals surface area contributed by atoms with E-state index in [9.17, 15) is 14.0 Å². The van der Waals surface area contributed by atoms with E-state index >= 15 is 0 Å². The van der Waals surface area contributed by atoms with Gasteiger partial charge in [-0.15, -0.1) is 0 Å². The van der Waals surface area contributed by atoms with Crippen LogP contribution in [0.2, 0.25) is 5.02 Å². The first kappa shape index (κ1) is 19.8. The zero-order valence-corrected chi connectivity index (χ0v) is 18.4. The zero-order chi connectivity index (χ0) is 21.0. The van der Waals surface area contributed by atoms with E-state index in [0.29, 0.717) is 31.9 Å². The van der Waals surface area contributed by atoms with Crippen LogP contribution in [0.15, 0.2) is 34.8 Å². The van der Waals surface area contributed by atoms with Crippen molar-refractivity contribution < 1.29 is 14.0 Å². The van der Waals surface area contributed by atoms with Crippen LogP contribution in [0.4, 0.5) is 14.9 Å². The van der Waals surface area contributed by atoms with Gasteiger partial charge in [-0.3, -0.25) is 4.79 Å². The summed E-state index contributed by atoms with van der Waals surface area (Å²) in [5.41, 5.74) is 2.00. The van der Waals surface area contributed by atoms with Crippen LogP contribution in [0.5, 0.6) is 0 Å². The molecule has 2 aromatic rings. The Kier molecular flexibility index (Phi) is 4.78. The summed E-state index contributed by atoms with van der Waals surface area (Å²) in [6.07, 6.45) is 5.27. The third-order valence-corrected chi connectivity index (χ3v) is 7.39. The van der Waals surface area contributed by atoms with Gasteiger partial charge in [-0.1, -0.05) is 27.5 Å². The SMILES string of the molecule is O=C1NC(c2cc(F)ccc2Cl)c2c(NC(=O)N3CCCC34CCC4)cc(Br)cc21. The third-order valence-electron chi connectivity index (χ3n) is 6.59. The molecule has 0 aromatic heterocycles. The number of hydrogen-bond donors (Lipinski definition) is 2. The lowest BCUT2D eigenvalue weighted by Crippen LogP contribution is -2.53. The Bertz CT molecular complexity index is 1070. The average Bonchev–Trinajstić information content (AvgIpc) is 3.26. The Balaban J connectivity index is 1.54. The Hall–Kier alpha value is -2.12. The van der Waals surface area contributed by atoms with Crippen molar-refractivity contribution in [1.29, 1.82) is 0 Å². The number of nitrogens with zero attached hydrogens (tertiary/aromatic N) is 1. The van der Waals surface area contributed by atoms with Gasteiger partial charge in [0.05, 0.1) is 6.04 Å². The zero-order valence-electron chi connectivity index (χ0n) is 16.1. The molecule has 1 atom stereocenters. The minimum Gasteiger partial charge on any atom is -0.341 e. The van der Waals surface area contributed by atoms with Crippen LogP contribution in [0.3, 0.4) is 0 Å². The highest BCUT2D eigenvalue weighted by Gasteiger charge is 2.48. The third kappa shape index (κ3) is 3.10. The molecule has 3 aliphatic rings. The second-order valence-electron chi connectivity index (χ2n) is 8.25. The molecule has 2 fully saturated rings. The first-order chi connectivity index (χ1) is 14.4. The maximum Gasteiger partial charge on any atom is 0.322 e. The molecular formula is C22H20BrClFN3O2. The lowest BCUT2D eigenvalue weighted by Gasteiger charge is -2.45. The fourth-order valence-corrected chi connectivity index (χ4v) is 5.70. The maximum absolute atomic E-state index is 13.9. The van der Waals surface area contributed by atoms with Gasteiger partial charge in [0.15, 0.2) is 0 Å². The van der Waals surface area contributed by atoms with Gasteiger partial charge in [0.2, 0.25) is 0 Å². The van der Waals surface area contributed by atoms with Crippen molar-refractivity contribution in [1.82, 2.24) is 10.2 Å². The summed E-state index contributed by atoms with van der Waals surface area (Å²) in [6, 6.07) is 6.75. The summed E-state index contributed by atoms with van der Waals surface area (Å²) in [5, 5.41) is 6.26. The van der Waals surface area contributed by atoms with Crippen LogP contribution in [-0.2, 0) is 0 Å². The van der Waals surface area contributed by atoms with Gasteiger partial charge in [0, 0.05) is 44.0 Å². The smallest absolute Gasteiger partial charge is 0.322 e. The van der Waals surface area contributed by atoms with Crippen LogP contribution < -0.4 is 10.6 Å². The minimum atomic E-state index is -0.643. The molecular weight excluding hydrogens is 473 g/mol. The number of rotatable bonds is 2. The van der Waals surface area contributed by atoms with Crippen molar-refractivity contribution in [2.24, 2.45) is 0 Å².